The van der Waals surface area contributed by atoms with E-state index in [9.17, 15) is 4.79 Å². The Morgan fingerprint density at radius 3 is 2.55 bits per heavy atom. The summed E-state index contributed by atoms with van der Waals surface area (Å²) in [7, 11) is 0. The van der Waals surface area contributed by atoms with Gasteiger partial charge < -0.3 is 4.74 Å². The van der Waals surface area contributed by atoms with Crippen molar-refractivity contribution < 1.29 is 9.53 Å². The quantitative estimate of drug-likeness (QED) is 0.671. The molecule has 1 heterocycles. The molecule has 1 aliphatic rings. The van der Waals surface area contributed by atoms with E-state index < -0.39 is 0 Å². The third kappa shape index (κ3) is 4.95. The average Bonchev–Trinajstić information content (AvgIpc) is 2.55. The van der Waals surface area contributed by atoms with Gasteiger partial charge in [0.25, 0.3) is 0 Å². The highest BCUT2D eigenvalue weighted by atomic mass is 16.5. The predicted molar refractivity (Wildman–Crippen MR) is 91.3 cm³/mol. The van der Waals surface area contributed by atoms with Crippen LogP contribution in [0.4, 0.5) is 0 Å². The van der Waals surface area contributed by atoms with Crippen LogP contribution in [0.5, 0.6) is 0 Å². The first kappa shape index (κ1) is 17.2. The number of carbonyl (C=O) groups is 1. The van der Waals surface area contributed by atoms with Crippen molar-refractivity contribution >= 4 is 5.78 Å². The van der Waals surface area contributed by atoms with Gasteiger partial charge in [-0.3, -0.25) is 4.79 Å². The summed E-state index contributed by atoms with van der Waals surface area (Å²) in [6.45, 7) is 5.17. The van der Waals surface area contributed by atoms with Crippen LogP contribution in [0.1, 0.15) is 75.8 Å². The molecule has 0 saturated carbocycles. The number of hydrogen-bond acceptors (Lipinski definition) is 2. The summed E-state index contributed by atoms with van der Waals surface area (Å²) in [5.74, 6) is 0.406. The first-order valence-corrected chi connectivity index (χ1v) is 8.97. The smallest absolute Gasteiger partial charge is 0.142 e. The highest BCUT2D eigenvalue weighted by molar-refractivity contribution is 5.86. The SMILES string of the molecule is CCCc1ccc(C(CCC)C(=O)CC2CCCCO2)cc1. The van der Waals surface area contributed by atoms with Crippen molar-refractivity contribution in [2.24, 2.45) is 0 Å². The molecular weight excluding hydrogens is 272 g/mol. The molecule has 1 aromatic rings. The molecule has 1 aromatic carbocycles. The van der Waals surface area contributed by atoms with Crippen LogP contribution < -0.4 is 0 Å². The molecule has 2 rings (SSSR count). The molecule has 0 bridgehead atoms. The van der Waals surface area contributed by atoms with Crippen LogP contribution in [-0.2, 0) is 16.0 Å². The van der Waals surface area contributed by atoms with E-state index >= 15 is 0 Å². The molecule has 2 nitrogen and oxygen atoms in total. The van der Waals surface area contributed by atoms with Crippen molar-refractivity contribution in [3.63, 3.8) is 0 Å². The Labute approximate surface area is 135 Å². The topological polar surface area (TPSA) is 26.3 Å². The van der Waals surface area contributed by atoms with Crippen molar-refractivity contribution in [3.8, 4) is 0 Å². The zero-order valence-electron chi connectivity index (χ0n) is 14.1. The Morgan fingerprint density at radius 1 is 1.18 bits per heavy atom. The third-order valence-electron chi connectivity index (χ3n) is 4.59. The molecular formula is C20H30O2. The van der Waals surface area contributed by atoms with Crippen LogP contribution in [0.3, 0.4) is 0 Å². The number of hydrogen-bond donors (Lipinski definition) is 0. The monoisotopic (exact) mass is 302 g/mol. The number of carbonyl (C=O) groups excluding carboxylic acids is 1. The lowest BCUT2D eigenvalue weighted by atomic mass is 9.86. The van der Waals surface area contributed by atoms with E-state index in [0.717, 1.165) is 45.1 Å². The molecule has 0 amide bonds. The lowest BCUT2D eigenvalue weighted by Gasteiger charge is -2.24. The highest BCUT2D eigenvalue weighted by Gasteiger charge is 2.24. The second-order valence-electron chi connectivity index (χ2n) is 6.49. The fraction of sp³-hybridized carbons (Fsp3) is 0.650. The third-order valence-corrected chi connectivity index (χ3v) is 4.59. The van der Waals surface area contributed by atoms with Gasteiger partial charge in [-0.15, -0.1) is 0 Å². The van der Waals surface area contributed by atoms with Crippen molar-refractivity contribution in [2.75, 3.05) is 6.61 Å². The first-order chi connectivity index (χ1) is 10.7. The summed E-state index contributed by atoms with van der Waals surface area (Å²) in [6, 6.07) is 8.69. The molecule has 2 atom stereocenters. The van der Waals surface area contributed by atoms with E-state index in [0.29, 0.717) is 12.2 Å². The van der Waals surface area contributed by atoms with Crippen molar-refractivity contribution in [1.29, 1.82) is 0 Å². The number of aryl methyl sites for hydroxylation is 1. The summed E-state index contributed by atoms with van der Waals surface area (Å²) in [5, 5.41) is 0. The molecule has 0 aliphatic carbocycles. The zero-order valence-corrected chi connectivity index (χ0v) is 14.1. The van der Waals surface area contributed by atoms with Crippen LogP contribution in [0.25, 0.3) is 0 Å². The molecule has 2 heteroatoms. The number of rotatable bonds is 8. The standard InChI is InChI=1S/C20H30O2/c1-3-7-16-10-12-17(13-11-16)19(8-4-2)20(21)15-18-9-5-6-14-22-18/h10-13,18-19H,3-9,14-15H2,1-2H3. The predicted octanol–water partition coefficient (Wildman–Crippen LogP) is 5.05. The molecule has 1 saturated heterocycles. The van der Waals surface area contributed by atoms with E-state index in [1.54, 1.807) is 0 Å². The first-order valence-electron chi connectivity index (χ1n) is 8.97. The summed E-state index contributed by atoms with van der Waals surface area (Å²) < 4.78 is 5.74. The van der Waals surface area contributed by atoms with Gasteiger partial charge in [-0.1, -0.05) is 51.0 Å². The lowest BCUT2D eigenvalue weighted by Crippen LogP contribution is -2.25. The Hall–Kier alpha value is -1.15. The molecule has 0 spiro atoms. The molecule has 1 aliphatic heterocycles. The molecule has 2 unspecified atom stereocenters. The van der Waals surface area contributed by atoms with Crippen LogP contribution in [0.2, 0.25) is 0 Å². The molecule has 22 heavy (non-hydrogen) atoms. The maximum atomic E-state index is 12.7. The van der Waals surface area contributed by atoms with Gasteiger partial charge in [-0.2, -0.15) is 0 Å². The van der Waals surface area contributed by atoms with Gasteiger partial charge in [0.05, 0.1) is 6.10 Å². The molecule has 0 aromatic heterocycles. The number of benzene rings is 1. The maximum Gasteiger partial charge on any atom is 0.142 e. The number of ether oxygens (including phenoxy) is 1. The molecule has 122 valence electrons. The highest BCUT2D eigenvalue weighted by Crippen LogP contribution is 2.27. The van der Waals surface area contributed by atoms with E-state index in [1.807, 2.05) is 0 Å². The molecule has 0 N–H and O–H groups in total. The summed E-state index contributed by atoms with van der Waals surface area (Å²) >= 11 is 0. The second-order valence-corrected chi connectivity index (χ2v) is 6.49. The lowest BCUT2D eigenvalue weighted by molar-refractivity contribution is -0.124. The zero-order chi connectivity index (χ0) is 15.8. The van der Waals surface area contributed by atoms with Crippen molar-refractivity contribution in [1.82, 2.24) is 0 Å². The minimum absolute atomic E-state index is 0.0474. The number of Topliss-reactive ketones (excluding diaryl/α,β-unsaturated/α-hetero) is 1. The van der Waals surface area contributed by atoms with Crippen LogP contribution >= 0.6 is 0 Å². The second kappa shape index (κ2) is 9.09. The van der Waals surface area contributed by atoms with Gasteiger partial charge in [-0.05, 0) is 43.2 Å². The van der Waals surface area contributed by atoms with Crippen LogP contribution in [-0.4, -0.2) is 18.5 Å². The van der Waals surface area contributed by atoms with Gasteiger partial charge in [0.2, 0.25) is 0 Å². The summed E-state index contributed by atoms with van der Waals surface area (Å²) in [5.41, 5.74) is 2.55. The van der Waals surface area contributed by atoms with Gasteiger partial charge in [0.1, 0.15) is 5.78 Å². The number of ketones is 1. The Bertz CT molecular complexity index is 443. The minimum Gasteiger partial charge on any atom is -0.378 e. The van der Waals surface area contributed by atoms with E-state index in [4.69, 9.17) is 4.74 Å². The fourth-order valence-electron chi connectivity index (χ4n) is 3.34. The van der Waals surface area contributed by atoms with Gasteiger partial charge in [0.15, 0.2) is 0 Å². The van der Waals surface area contributed by atoms with Crippen LogP contribution in [0, 0.1) is 0 Å². The molecule has 1 fully saturated rings. The van der Waals surface area contributed by atoms with Gasteiger partial charge >= 0.3 is 0 Å². The Kier molecular flexibility index (Phi) is 7.11. The minimum atomic E-state index is 0.0474. The van der Waals surface area contributed by atoms with Gasteiger partial charge in [-0.25, -0.2) is 0 Å². The Balaban J connectivity index is 2.02. The maximum absolute atomic E-state index is 12.7. The summed E-state index contributed by atoms with van der Waals surface area (Å²) in [4.78, 5) is 12.7. The van der Waals surface area contributed by atoms with Crippen molar-refractivity contribution in [2.45, 2.75) is 77.2 Å². The fourth-order valence-corrected chi connectivity index (χ4v) is 3.34. The average molecular weight is 302 g/mol. The normalized spacial score (nSPS) is 19.8. The molecule has 0 radical (unpaired) electrons. The van der Waals surface area contributed by atoms with Crippen LogP contribution in [0.15, 0.2) is 24.3 Å². The Morgan fingerprint density at radius 2 is 1.95 bits per heavy atom. The van der Waals surface area contributed by atoms with Gasteiger partial charge in [0, 0.05) is 18.9 Å². The largest absolute Gasteiger partial charge is 0.378 e. The van der Waals surface area contributed by atoms with Crippen molar-refractivity contribution in [3.05, 3.63) is 35.4 Å². The van der Waals surface area contributed by atoms with E-state index in [2.05, 4.69) is 38.1 Å². The van der Waals surface area contributed by atoms with E-state index in [1.165, 1.54) is 17.5 Å². The van der Waals surface area contributed by atoms with E-state index in [-0.39, 0.29) is 12.0 Å². The summed E-state index contributed by atoms with van der Waals surface area (Å²) in [6.07, 6.45) is 8.38.